The first kappa shape index (κ1) is 16.6. The van der Waals surface area contributed by atoms with Gasteiger partial charge in [0.1, 0.15) is 0 Å². The number of pyridine rings is 1. The Morgan fingerprint density at radius 2 is 1.93 bits per heavy atom. The summed E-state index contributed by atoms with van der Waals surface area (Å²) in [5.74, 6) is 0.0310. The van der Waals surface area contributed by atoms with Crippen LogP contribution < -0.4 is 0 Å². The van der Waals surface area contributed by atoms with Crippen LogP contribution in [0.1, 0.15) is 17.0 Å². The summed E-state index contributed by atoms with van der Waals surface area (Å²) in [4.78, 5) is 6.80. The third kappa shape index (κ3) is 2.69. The molecule has 0 bridgehead atoms. The molecule has 0 aliphatic carbocycles. The zero-order chi connectivity index (χ0) is 18.6. The van der Waals surface area contributed by atoms with Gasteiger partial charge in [-0.1, -0.05) is 6.07 Å². The second-order valence-corrected chi connectivity index (χ2v) is 9.53. The van der Waals surface area contributed by atoms with Crippen molar-refractivity contribution < 1.29 is 8.42 Å². The van der Waals surface area contributed by atoms with Crippen LogP contribution >= 0.6 is 0 Å². The topological polar surface area (TPSA) is 68.1 Å². The van der Waals surface area contributed by atoms with Crippen molar-refractivity contribution in [1.82, 2.24) is 19.7 Å². The van der Waals surface area contributed by atoms with Gasteiger partial charge >= 0.3 is 0 Å². The van der Waals surface area contributed by atoms with Gasteiger partial charge in [-0.3, -0.25) is 14.6 Å². The Morgan fingerprint density at radius 3 is 2.67 bits per heavy atom. The van der Waals surface area contributed by atoms with E-state index in [9.17, 15) is 8.42 Å². The smallest absolute Gasteiger partial charge is 0.183 e. The molecule has 1 saturated heterocycles. The minimum atomic E-state index is -3.28. The molecule has 0 unspecified atom stereocenters. The van der Waals surface area contributed by atoms with E-state index in [1.54, 1.807) is 23.1 Å². The number of fused-ring (bicyclic) bond motifs is 3. The van der Waals surface area contributed by atoms with Crippen molar-refractivity contribution in [3.8, 4) is 11.1 Å². The molecule has 7 heteroatoms. The molecule has 27 heavy (non-hydrogen) atoms. The molecule has 138 valence electrons. The lowest BCUT2D eigenvalue weighted by Crippen LogP contribution is -2.25. The van der Waals surface area contributed by atoms with Crippen LogP contribution in [0.2, 0.25) is 0 Å². The second kappa shape index (κ2) is 6.00. The fourth-order valence-corrected chi connectivity index (χ4v) is 6.59. The lowest BCUT2D eigenvalue weighted by Gasteiger charge is -2.16. The highest BCUT2D eigenvalue weighted by molar-refractivity contribution is 7.92. The van der Waals surface area contributed by atoms with Crippen LogP contribution in [-0.2, 0) is 23.4 Å². The van der Waals surface area contributed by atoms with E-state index in [-0.39, 0.29) is 11.2 Å². The lowest BCUT2D eigenvalue weighted by atomic mass is 9.95. The first-order chi connectivity index (χ1) is 13.0. The number of sulfone groups is 1. The van der Waals surface area contributed by atoms with E-state index >= 15 is 0 Å². The molecule has 1 fully saturated rings. The minimum absolute atomic E-state index is 0.0310. The van der Waals surface area contributed by atoms with Gasteiger partial charge < -0.3 is 0 Å². The van der Waals surface area contributed by atoms with Gasteiger partial charge in [-0.25, -0.2) is 8.42 Å². The molecule has 6 nitrogen and oxygen atoms in total. The fourth-order valence-electron chi connectivity index (χ4n) is 4.39. The number of hydrogen-bond acceptors (Lipinski definition) is 5. The Morgan fingerprint density at radius 1 is 1.11 bits per heavy atom. The molecule has 2 aliphatic rings. The Balaban J connectivity index is 1.48. The average molecular weight is 380 g/mol. The van der Waals surface area contributed by atoms with Crippen molar-refractivity contribution >= 4 is 9.84 Å². The summed E-state index contributed by atoms with van der Waals surface area (Å²) in [5.41, 5.74) is 4.17. The van der Waals surface area contributed by atoms with Gasteiger partial charge in [-0.15, -0.1) is 0 Å². The van der Waals surface area contributed by atoms with Gasteiger partial charge in [0.2, 0.25) is 0 Å². The Labute approximate surface area is 158 Å². The van der Waals surface area contributed by atoms with Crippen molar-refractivity contribution in [3.63, 3.8) is 0 Å². The summed E-state index contributed by atoms with van der Waals surface area (Å²) in [7, 11) is -1.38. The van der Waals surface area contributed by atoms with Gasteiger partial charge in [-0.2, -0.15) is 5.10 Å². The number of benzene rings is 1. The van der Waals surface area contributed by atoms with Gasteiger partial charge in [0.15, 0.2) is 9.84 Å². The molecule has 2 atom stereocenters. The van der Waals surface area contributed by atoms with Gasteiger partial charge in [0.05, 0.1) is 16.3 Å². The van der Waals surface area contributed by atoms with Crippen LogP contribution in [0.3, 0.4) is 0 Å². The second-order valence-electron chi connectivity index (χ2n) is 7.39. The average Bonchev–Trinajstić information content (AvgIpc) is 3.33. The van der Waals surface area contributed by atoms with E-state index in [1.807, 2.05) is 37.6 Å². The molecule has 0 saturated carbocycles. The molecular formula is C20H20N4O2S. The van der Waals surface area contributed by atoms with Gasteiger partial charge in [-0.05, 0) is 41.0 Å². The monoisotopic (exact) mass is 380 g/mol. The minimum Gasteiger partial charge on any atom is -0.297 e. The van der Waals surface area contributed by atoms with Crippen molar-refractivity contribution in [2.45, 2.75) is 22.6 Å². The number of aromatic nitrogens is 3. The molecule has 0 spiro atoms. The highest BCUT2D eigenvalue weighted by atomic mass is 32.2. The summed E-state index contributed by atoms with van der Waals surface area (Å²) in [6.45, 7) is 2.06. The zero-order valence-electron chi connectivity index (χ0n) is 15.0. The third-order valence-corrected chi connectivity index (χ3v) is 7.89. The summed E-state index contributed by atoms with van der Waals surface area (Å²) in [6.07, 6.45) is 7.34. The molecule has 0 radical (unpaired) electrons. The maximum Gasteiger partial charge on any atom is 0.183 e. The number of aryl methyl sites for hydroxylation is 1. The van der Waals surface area contributed by atoms with Gasteiger partial charge in [0, 0.05) is 56.8 Å². The van der Waals surface area contributed by atoms with E-state index in [0.29, 0.717) is 11.4 Å². The summed E-state index contributed by atoms with van der Waals surface area (Å²) < 4.78 is 27.9. The normalized spacial score (nSPS) is 23.3. The molecule has 5 rings (SSSR count). The molecule has 0 N–H and O–H groups in total. The number of rotatable bonds is 3. The molecule has 3 aromatic rings. The van der Waals surface area contributed by atoms with E-state index in [1.165, 1.54) is 0 Å². The number of nitrogens with zero attached hydrogens (tertiary/aromatic N) is 4. The van der Waals surface area contributed by atoms with Crippen molar-refractivity contribution in [2.75, 3.05) is 13.1 Å². The SMILES string of the molecule is Cn1cc(CN2C[C@@H]3c4cc(-c5ccncc5)ccc4S(=O)(=O)[C@@H]3C2)cn1. The largest absolute Gasteiger partial charge is 0.297 e. The Kier molecular flexibility index (Phi) is 3.70. The maximum absolute atomic E-state index is 13.1. The highest BCUT2D eigenvalue weighted by Gasteiger charge is 2.50. The van der Waals surface area contributed by atoms with Crippen molar-refractivity contribution in [1.29, 1.82) is 0 Å². The fraction of sp³-hybridized carbons (Fsp3) is 0.300. The number of hydrogen-bond donors (Lipinski definition) is 0. The standard InChI is InChI=1S/C20H20N4O2S/c1-23-10-14(9-22-23)11-24-12-18-17-8-16(15-4-6-21-7-5-15)2-3-19(17)27(25,26)20(18)13-24/h2-10,18,20H,11-13H2,1H3/t18-,20-/m1/s1. The quantitative estimate of drug-likeness (QED) is 0.697. The van der Waals surface area contributed by atoms with E-state index < -0.39 is 9.84 Å². The molecule has 0 amide bonds. The van der Waals surface area contributed by atoms with E-state index in [2.05, 4.69) is 21.0 Å². The molecular weight excluding hydrogens is 360 g/mol. The van der Waals surface area contributed by atoms with E-state index in [0.717, 1.165) is 35.3 Å². The zero-order valence-corrected chi connectivity index (χ0v) is 15.8. The molecule has 2 aliphatic heterocycles. The van der Waals surface area contributed by atoms with Crippen LogP contribution in [0.5, 0.6) is 0 Å². The van der Waals surface area contributed by atoms with Crippen LogP contribution in [0.4, 0.5) is 0 Å². The predicted octanol–water partition coefficient (Wildman–Crippen LogP) is 2.24. The highest BCUT2D eigenvalue weighted by Crippen LogP contribution is 2.46. The van der Waals surface area contributed by atoms with Crippen LogP contribution in [0.25, 0.3) is 11.1 Å². The maximum atomic E-state index is 13.1. The van der Waals surface area contributed by atoms with Crippen LogP contribution in [0.15, 0.2) is 60.0 Å². The Bertz CT molecular complexity index is 1110. The summed E-state index contributed by atoms with van der Waals surface area (Å²) >= 11 is 0. The lowest BCUT2D eigenvalue weighted by molar-refractivity contribution is 0.325. The predicted molar refractivity (Wildman–Crippen MR) is 102 cm³/mol. The van der Waals surface area contributed by atoms with Crippen LogP contribution in [-0.4, -0.2) is 46.4 Å². The van der Waals surface area contributed by atoms with Crippen molar-refractivity contribution in [2.24, 2.45) is 7.05 Å². The van der Waals surface area contributed by atoms with Crippen LogP contribution in [0, 0.1) is 0 Å². The summed E-state index contributed by atoms with van der Waals surface area (Å²) in [5, 5.41) is 3.86. The first-order valence-corrected chi connectivity index (χ1v) is 10.5. The summed E-state index contributed by atoms with van der Waals surface area (Å²) in [6, 6.07) is 9.64. The third-order valence-electron chi connectivity index (χ3n) is 5.63. The number of likely N-dealkylation sites (tertiary alicyclic amines) is 1. The van der Waals surface area contributed by atoms with Crippen molar-refractivity contribution in [3.05, 3.63) is 66.2 Å². The Hall–Kier alpha value is -2.51. The molecule has 1 aromatic carbocycles. The van der Waals surface area contributed by atoms with Gasteiger partial charge in [0.25, 0.3) is 0 Å². The molecule has 2 aromatic heterocycles. The molecule has 4 heterocycles. The van der Waals surface area contributed by atoms with E-state index in [4.69, 9.17) is 0 Å². The first-order valence-electron chi connectivity index (χ1n) is 9.00.